The maximum Gasteiger partial charge on any atom is 0.306 e. The number of sulfone groups is 1. The first kappa shape index (κ1) is 23.9. The highest BCUT2D eigenvalue weighted by Gasteiger charge is 2.32. The topological polar surface area (TPSA) is 140 Å². The van der Waals surface area contributed by atoms with Crippen LogP contribution in [0.4, 0.5) is 0 Å². The fourth-order valence-electron chi connectivity index (χ4n) is 4.17. The number of hydrogen-bond acceptors (Lipinski definition) is 9. The van der Waals surface area contributed by atoms with Gasteiger partial charge in [0.05, 0.1) is 17.8 Å². The number of nitrogens with zero attached hydrogens (tertiary/aromatic N) is 6. The quantitative estimate of drug-likeness (QED) is 0.393. The Kier molecular flexibility index (Phi) is 5.80. The first-order valence-electron chi connectivity index (χ1n) is 11.0. The Bertz CT molecular complexity index is 1650. The standard InChI is InChI=1S/C24H22N6O4S2/c1-12-13(2)35-23-20(12)21(26-18(11-19(31)32)22-29-28-14(3)30(22)23)16-7-5-15(6-8-16)17-9-10-25-24(27-17)36(4,33)34/h5-10,18H,11H2,1-4H3,(H,31,32)/t18-/m0/s1. The number of fused-ring (bicyclic) bond motifs is 3. The fraction of sp³-hybridized carbons (Fsp3) is 0.250. The lowest BCUT2D eigenvalue weighted by atomic mass is 9.98. The van der Waals surface area contributed by atoms with E-state index in [9.17, 15) is 18.3 Å². The molecule has 5 rings (SSSR count). The van der Waals surface area contributed by atoms with E-state index in [1.807, 2.05) is 49.6 Å². The Labute approximate surface area is 211 Å². The third kappa shape index (κ3) is 4.11. The first-order valence-corrected chi connectivity index (χ1v) is 13.7. The molecule has 0 bridgehead atoms. The number of carboxylic acids is 1. The molecule has 12 heteroatoms. The third-order valence-corrected chi connectivity index (χ3v) is 8.08. The van der Waals surface area contributed by atoms with E-state index in [2.05, 4.69) is 20.2 Å². The summed E-state index contributed by atoms with van der Waals surface area (Å²) in [5.74, 6) is 0.188. The number of aliphatic imine (C=N–C) groups is 1. The van der Waals surface area contributed by atoms with E-state index >= 15 is 0 Å². The molecule has 36 heavy (non-hydrogen) atoms. The van der Waals surface area contributed by atoms with Crippen molar-refractivity contribution in [1.29, 1.82) is 0 Å². The van der Waals surface area contributed by atoms with Crippen molar-refractivity contribution in [2.75, 3.05) is 6.26 Å². The summed E-state index contributed by atoms with van der Waals surface area (Å²) in [4.78, 5) is 25.8. The van der Waals surface area contributed by atoms with Gasteiger partial charge in [-0.2, -0.15) is 0 Å². The molecular formula is C24H22N6O4S2. The highest BCUT2D eigenvalue weighted by molar-refractivity contribution is 7.90. The van der Waals surface area contributed by atoms with Crippen molar-refractivity contribution in [3.63, 3.8) is 0 Å². The molecule has 4 heterocycles. The van der Waals surface area contributed by atoms with Gasteiger partial charge < -0.3 is 5.11 Å². The molecule has 4 aromatic rings. The van der Waals surface area contributed by atoms with Gasteiger partial charge in [-0.15, -0.1) is 21.5 Å². The third-order valence-electron chi connectivity index (χ3n) is 6.03. The van der Waals surface area contributed by atoms with Crippen LogP contribution in [0.1, 0.15) is 45.7 Å². The summed E-state index contributed by atoms with van der Waals surface area (Å²) in [6.45, 7) is 5.91. The van der Waals surface area contributed by atoms with Crippen molar-refractivity contribution in [2.45, 2.75) is 38.4 Å². The smallest absolute Gasteiger partial charge is 0.306 e. The number of aromatic nitrogens is 5. The van der Waals surface area contributed by atoms with Gasteiger partial charge in [-0.3, -0.25) is 14.4 Å². The second kappa shape index (κ2) is 8.71. The van der Waals surface area contributed by atoms with Gasteiger partial charge in [-0.05, 0) is 32.4 Å². The molecule has 10 nitrogen and oxygen atoms in total. The van der Waals surface area contributed by atoms with Crippen molar-refractivity contribution in [3.05, 3.63) is 69.7 Å². The zero-order chi connectivity index (χ0) is 25.8. The molecule has 1 aromatic carbocycles. The van der Waals surface area contributed by atoms with Crippen LogP contribution in [0, 0.1) is 20.8 Å². The number of thiophene rings is 1. The molecule has 1 N–H and O–H groups in total. The summed E-state index contributed by atoms with van der Waals surface area (Å²) < 4.78 is 25.6. The lowest BCUT2D eigenvalue weighted by molar-refractivity contribution is -0.137. The number of aliphatic carboxylic acids is 1. The van der Waals surface area contributed by atoms with Crippen molar-refractivity contribution >= 4 is 32.9 Å². The summed E-state index contributed by atoms with van der Waals surface area (Å²) in [5, 5.41) is 18.7. The Hall–Kier alpha value is -3.77. The number of benzene rings is 1. The molecule has 0 unspecified atom stereocenters. The maximum absolute atomic E-state index is 11.9. The van der Waals surface area contributed by atoms with Gasteiger partial charge in [0.1, 0.15) is 16.9 Å². The summed E-state index contributed by atoms with van der Waals surface area (Å²) in [5.41, 5.74) is 4.65. The summed E-state index contributed by atoms with van der Waals surface area (Å²) >= 11 is 1.60. The summed E-state index contributed by atoms with van der Waals surface area (Å²) in [6.07, 6.45) is 2.26. The minimum absolute atomic E-state index is 0.220. The van der Waals surface area contributed by atoms with Gasteiger partial charge in [0.15, 0.2) is 5.82 Å². The van der Waals surface area contributed by atoms with E-state index in [1.165, 1.54) is 6.20 Å². The fourth-order valence-corrected chi connectivity index (χ4v) is 5.90. The van der Waals surface area contributed by atoms with Gasteiger partial charge in [0, 0.05) is 34.0 Å². The number of aryl methyl sites for hydroxylation is 2. The summed E-state index contributed by atoms with van der Waals surface area (Å²) in [7, 11) is -3.54. The van der Waals surface area contributed by atoms with Crippen LogP contribution in [0.25, 0.3) is 16.3 Å². The molecular weight excluding hydrogens is 500 g/mol. The molecule has 0 saturated heterocycles. The van der Waals surface area contributed by atoms with E-state index in [1.54, 1.807) is 17.4 Å². The molecule has 0 aliphatic carbocycles. The number of carboxylic acid groups (broad SMARTS) is 1. The molecule has 0 amide bonds. The van der Waals surface area contributed by atoms with Gasteiger partial charge >= 0.3 is 5.97 Å². The Balaban J connectivity index is 1.65. The van der Waals surface area contributed by atoms with Crippen LogP contribution in [-0.4, -0.2) is 56.2 Å². The van der Waals surface area contributed by atoms with E-state index in [4.69, 9.17) is 4.99 Å². The predicted molar refractivity (Wildman–Crippen MR) is 135 cm³/mol. The molecule has 1 aliphatic heterocycles. The van der Waals surface area contributed by atoms with E-state index in [-0.39, 0.29) is 11.6 Å². The summed E-state index contributed by atoms with van der Waals surface area (Å²) in [6, 6.07) is 8.37. The van der Waals surface area contributed by atoms with Crippen molar-refractivity contribution in [2.24, 2.45) is 4.99 Å². The largest absolute Gasteiger partial charge is 0.481 e. The van der Waals surface area contributed by atoms with Crippen LogP contribution in [-0.2, 0) is 14.6 Å². The Morgan fingerprint density at radius 2 is 1.78 bits per heavy atom. The van der Waals surface area contributed by atoms with E-state index < -0.39 is 21.8 Å². The molecule has 1 atom stereocenters. The van der Waals surface area contributed by atoms with Crippen molar-refractivity contribution in [3.8, 4) is 16.3 Å². The first-order chi connectivity index (χ1) is 17.0. The van der Waals surface area contributed by atoms with Gasteiger partial charge in [0.25, 0.3) is 0 Å². The lowest BCUT2D eigenvalue weighted by Crippen LogP contribution is -2.10. The SMILES string of the molecule is Cc1sc2c(c1C)C(c1ccc(-c3ccnc(S(C)(=O)=O)n3)cc1)=N[C@@H](CC(=O)O)c1nnc(C)n1-2. The number of hydrogen-bond donors (Lipinski definition) is 1. The van der Waals surface area contributed by atoms with Gasteiger partial charge in [-0.1, -0.05) is 24.3 Å². The van der Waals surface area contributed by atoms with Crippen molar-refractivity contribution in [1.82, 2.24) is 24.7 Å². The maximum atomic E-state index is 11.9. The molecule has 1 aliphatic rings. The minimum atomic E-state index is -3.54. The van der Waals surface area contributed by atoms with Crippen LogP contribution in [0.5, 0.6) is 0 Å². The molecule has 0 saturated carbocycles. The average Bonchev–Trinajstić information content (AvgIpc) is 3.31. The van der Waals surface area contributed by atoms with Crippen molar-refractivity contribution < 1.29 is 18.3 Å². The van der Waals surface area contributed by atoms with E-state index in [0.717, 1.165) is 32.8 Å². The normalized spacial score (nSPS) is 15.1. The number of rotatable bonds is 5. The second-order valence-corrected chi connectivity index (χ2v) is 11.7. The average molecular weight is 523 g/mol. The Morgan fingerprint density at radius 1 is 1.08 bits per heavy atom. The van der Waals surface area contributed by atoms with E-state index in [0.29, 0.717) is 28.6 Å². The molecule has 3 aromatic heterocycles. The molecule has 184 valence electrons. The van der Waals surface area contributed by atoms with Crippen LogP contribution < -0.4 is 0 Å². The van der Waals surface area contributed by atoms with Gasteiger partial charge in [0.2, 0.25) is 15.0 Å². The Morgan fingerprint density at radius 3 is 2.44 bits per heavy atom. The minimum Gasteiger partial charge on any atom is -0.481 e. The highest BCUT2D eigenvalue weighted by Crippen LogP contribution is 2.39. The monoisotopic (exact) mass is 522 g/mol. The zero-order valence-electron chi connectivity index (χ0n) is 19.9. The van der Waals surface area contributed by atoms with Gasteiger partial charge in [-0.25, -0.2) is 18.4 Å². The predicted octanol–water partition coefficient (Wildman–Crippen LogP) is 3.48. The molecule has 0 radical (unpaired) electrons. The molecule has 0 fully saturated rings. The number of carbonyl (C=O) groups is 1. The second-order valence-electron chi connectivity index (χ2n) is 8.57. The van der Waals surface area contributed by atoms with Crippen LogP contribution in [0.15, 0.2) is 46.7 Å². The van der Waals surface area contributed by atoms with Crippen LogP contribution >= 0.6 is 11.3 Å². The lowest BCUT2D eigenvalue weighted by Gasteiger charge is -2.11. The van der Waals surface area contributed by atoms with Crippen LogP contribution in [0.3, 0.4) is 0 Å². The zero-order valence-corrected chi connectivity index (χ0v) is 21.6. The highest BCUT2D eigenvalue weighted by atomic mass is 32.2. The molecule has 0 spiro atoms. The van der Waals surface area contributed by atoms with Crippen LogP contribution in [0.2, 0.25) is 0 Å².